The lowest BCUT2D eigenvalue weighted by atomic mass is 9.93. The van der Waals surface area contributed by atoms with Crippen molar-refractivity contribution in [2.75, 3.05) is 6.54 Å². The van der Waals surface area contributed by atoms with Crippen LogP contribution < -0.4 is 5.73 Å². The van der Waals surface area contributed by atoms with Gasteiger partial charge < -0.3 is 10.8 Å². The number of hydrogen-bond donors (Lipinski definition) is 2. The highest BCUT2D eigenvalue weighted by atomic mass is 19.4. The first-order valence-electron chi connectivity index (χ1n) is 4.26. The molecule has 0 saturated heterocycles. The summed E-state index contributed by atoms with van der Waals surface area (Å²) in [7, 11) is 0. The topological polar surface area (TPSA) is 63.3 Å². The third-order valence-corrected chi connectivity index (χ3v) is 2.04. The van der Waals surface area contributed by atoms with Crippen LogP contribution in [0.3, 0.4) is 0 Å². The molecule has 0 aromatic rings. The Labute approximate surface area is 80.1 Å². The number of carbonyl (C=O) groups is 1. The van der Waals surface area contributed by atoms with Gasteiger partial charge in [0, 0.05) is 6.42 Å². The van der Waals surface area contributed by atoms with Crippen LogP contribution in [0.5, 0.6) is 0 Å². The number of rotatable bonds is 5. The Morgan fingerprint density at radius 2 is 2.00 bits per heavy atom. The molecule has 0 spiro atoms. The Hall–Kier alpha value is -0.780. The maximum Gasteiger partial charge on any atom is 0.391 e. The molecule has 0 amide bonds. The van der Waals surface area contributed by atoms with Crippen molar-refractivity contribution < 1.29 is 23.1 Å². The minimum absolute atomic E-state index is 0.0350. The second-order valence-corrected chi connectivity index (χ2v) is 3.38. The highest BCUT2D eigenvalue weighted by Gasteiger charge is 2.37. The normalized spacial score (nSPS) is 16.4. The monoisotopic (exact) mass is 213 g/mol. The summed E-state index contributed by atoms with van der Waals surface area (Å²) in [5.74, 6) is -3.23. The van der Waals surface area contributed by atoms with Crippen molar-refractivity contribution in [3.05, 3.63) is 0 Å². The molecule has 2 unspecified atom stereocenters. The Balaban J connectivity index is 4.11. The molecule has 6 heteroatoms. The van der Waals surface area contributed by atoms with Crippen LogP contribution in [0, 0.1) is 11.8 Å². The van der Waals surface area contributed by atoms with E-state index in [9.17, 15) is 18.0 Å². The Bertz CT molecular complexity index is 194. The summed E-state index contributed by atoms with van der Waals surface area (Å²) >= 11 is 0. The van der Waals surface area contributed by atoms with E-state index in [1.54, 1.807) is 0 Å². The summed E-state index contributed by atoms with van der Waals surface area (Å²) in [5, 5.41) is 8.39. The van der Waals surface area contributed by atoms with E-state index in [1.165, 1.54) is 0 Å². The largest absolute Gasteiger partial charge is 0.481 e. The number of nitrogens with two attached hydrogens (primary N) is 1. The van der Waals surface area contributed by atoms with Gasteiger partial charge in [-0.15, -0.1) is 0 Å². The van der Waals surface area contributed by atoms with Gasteiger partial charge in [-0.05, 0) is 18.9 Å². The zero-order chi connectivity index (χ0) is 11.4. The van der Waals surface area contributed by atoms with E-state index in [4.69, 9.17) is 10.8 Å². The van der Waals surface area contributed by atoms with Gasteiger partial charge in [0.05, 0.1) is 5.92 Å². The van der Waals surface area contributed by atoms with E-state index in [0.717, 1.165) is 6.92 Å². The van der Waals surface area contributed by atoms with Crippen molar-refractivity contribution in [1.82, 2.24) is 0 Å². The number of alkyl halides is 3. The summed E-state index contributed by atoms with van der Waals surface area (Å²) < 4.78 is 36.3. The van der Waals surface area contributed by atoms with E-state index in [-0.39, 0.29) is 19.4 Å². The van der Waals surface area contributed by atoms with E-state index >= 15 is 0 Å². The van der Waals surface area contributed by atoms with Crippen molar-refractivity contribution in [3.63, 3.8) is 0 Å². The van der Waals surface area contributed by atoms with Crippen LogP contribution in [0.2, 0.25) is 0 Å². The first-order valence-corrected chi connectivity index (χ1v) is 4.26. The first-order chi connectivity index (χ1) is 6.27. The molecule has 0 fully saturated rings. The molecule has 0 heterocycles. The van der Waals surface area contributed by atoms with Gasteiger partial charge in [-0.2, -0.15) is 13.2 Å². The van der Waals surface area contributed by atoms with E-state index < -0.39 is 24.0 Å². The van der Waals surface area contributed by atoms with Crippen molar-refractivity contribution in [1.29, 1.82) is 0 Å². The summed E-state index contributed by atoms with van der Waals surface area (Å²) in [6.45, 7) is 0.997. The molecule has 0 aliphatic rings. The SMILES string of the molecule is CC(CC(CN)CC(=O)O)C(F)(F)F. The van der Waals surface area contributed by atoms with Gasteiger partial charge in [0.25, 0.3) is 0 Å². The average Bonchev–Trinajstić information content (AvgIpc) is 2.00. The van der Waals surface area contributed by atoms with Gasteiger partial charge in [-0.25, -0.2) is 0 Å². The quantitative estimate of drug-likeness (QED) is 0.729. The Morgan fingerprint density at radius 3 is 2.29 bits per heavy atom. The summed E-state index contributed by atoms with van der Waals surface area (Å²) in [6, 6.07) is 0. The number of carboxylic acid groups (broad SMARTS) is 1. The number of aliphatic carboxylic acids is 1. The third kappa shape index (κ3) is 5.06. The van der Waals surface area contributed by atoms with Gasteiger partial charge in [-0.1, -0.05) is 6.92 Å². The van der Waals surface area contributed by atoms with Gasteiger partial charge >= 0.3 is 12.1 Å². The molecule has 84 valence electrons. The molecule has 0 aromatic carbocycles. The molecule has 0 saturated carbocycles. The second-order valence-electron chi connectivity index (χ2n) is 3.38. The lowest BCUT2D eigenvalue weighted by molar-refractivity contribution is -0.174. The van der Waals surface area contributed by atoms with E-state index in [2.05, 4.69) is 0 Å². The Morgan fingerprint density at radius 1 is 1.50 bits per heavy atom. The minimum atomic E-state index is -4.27. The van der Waals surface area contributed by atoms with Crippen LogP contribution in [0.15, 0.2) is 0 Å². The summed E-state index contributed by atoms with van der Waals surface area (Å²) in [6.07, 6.45) is -4.81. The molecule has 14 heavy (non-hydrogen) atoms. The minimum Gasteiger partial charge on any atom is -0.481 e. The highest BCUT2D eigenvalue weighted by Crippen LogP contribution is 2.31. The molecule has 0 aliphatic carbocycles. The average molecular weight is 213 g/mol. The van der Waals surface area contributed by atoms with Gasteiger partial charge in [-0.3, -0.25) is 4.79 Å². The van der Waals surface area contributed by atoms with Gasteiger partial charge in [0.15, 0.2) is 0 Å². The molecule has 0 radical (unpaired) electrons. The number of halogens is 3. The fourth-order valence-corrected chi connectivity index (χ4v) is 1.14. The molecule has 0 bridgehead atoms. The molecule has 2 atom stereocenters. The standard InChI is InChI=1S/C8H14F3NO2/c1-5(8(9,10)11)2-6(4-12)3-7(13)14/h5-6H,2-4,12H2,1H3,(H,13,14). The van der Waals surface area contributed by atoms with Crippen LogP contribution in [-0.2, 0) is 4.79 Å². The van der Waals surface area contributed by atoms with Crippen molar-refractivity contribution >= 4 is 5.97 Å². The van der Waals surface area contributed by atoms with Crippen LogP contribution in [0.4, 0.5) is 13.2 Å². The van der Waals surface area contributed by atoms with Crippen molar-refractivity contribution in [3.8, 4) is 0 Å². The van der Waals surface area contributed by atoms with Crippen LogP contribution in [0.1, 0.15) is 19.8 Å². The van der Waals surface area contributed by atoms with Crippen LogP contribution in [-0.4, -0.2) is 23.8 Å². The molecular weight excluding hydrogens is 199 g/mol. The van der Waals surface area contributed by atoms with Crippen molar-refractivity contribution in [2.24, 2.45) is 17.6 Å². The zero-order valence-corrected chi connectivity index (χ0v) is 7.84. The number of carboxylic acids is 1. The molecule has 3 N–H and O–H groups in total. The van der Waals surface area contributed by atoms with Crippen LogP contribution >= 0.6 is 0 Å². The summed E-state index contributed by atoms with van der Waals surface area (Å²) in [4.78, 5) is 10.3. The van der Waals surface area contributed by atoms with Gasteiger partial charge in [0.2, 0.25) is 0 Å². The number of hydrogen-bond acceptors (Lipinski definition) is 2. The Kier molecular flexibility index (Phi) is 4.90. The fourth-order valence-electron chi connectivity index (χ4n) is 1.14. The molecule has 0 rings (SSSR count). The van der Waals surface area contributed by atoms with Crippen LogP contribution in [0.25, 0.3) is 0 Å². The predicted molar refractivity (Wildman–Crippen MR) is 44.6 cm³/mol. The molecule has 0 aromatic heterocycles. The smallest absolute Gasteiger partial charge is 0.391 e. The van der Waals surface area contributed by atoms with Gasteiger partial charge in [0.1, 0.15) is 0 Å². The summed E-state index contributed by atoms with van der Waals surface area (Å²) in [5.41, 5.74) is 5.18. The second kappa shape index (κ2) is 5.19. The first kappa shape index (κ1) is 13.2. The lowest BCUT2D eigenvalue weighted by Gasteiger charge is -2.20. The van der Waals surface area contributed by atoms with E-state index in [0.29, 0.717) is 0 Å². The highest BCUT2D eigenvalue weighted by molar-refractivity contribution is 5.67. The maximum absolute atomic E-state index is 12.1. The predicted octanol–water partition coefficient (Wildman–Crippen LogP) is 1.62. The zero-order valence-electron chi connectivity index (χ0n) is 7.84. The third-order valence-electron chi connectivity index (χ3n) is 2.04. The van der Waals surface area contributed by atoms with Crippen molar-refractivity contribution in [2.45, 2.75) is 25.9 Å². The lowest BCUT2D eigenvalue weighted by Crippen LogP contribution is -2.27. The van der Waals surface area contributed by atoms with E-state index in [1.807, 2.05) is 0 Å². The maximum atomic E-state index is 12.1. The molecular formula is C8H14F3NO2. The molecule has 3 nitrogen and oxygen atoms in total. The fraction of sp³-hybridized carbons (Fsp3) is 0.875. The molecule has 0 aliphatic heterocycles.